The average Bonchev–Trinajstić information content (AvgIpc) is 2.90. The van der Waals surface area contributed by atoms with Crippen LogP contribution in [-0.4, -0.2) is 58.3 Å². The summed E-state index contributed by atoms with van der Waals surface area (Å²) in [6.45, 7) is 2.47. The van der Waals surface area contributed by atoms with Gasteiger partial charge < -0.3 is 10.2 Å². The van der Waals surface area contributed by atoms with Gasteiger partial charge in [0, 0.05) is 56.5 Å². The minimum Gasteiger partial charge on any atom is -0.344 e. The van der Waals surface area contributed by atoms with Gasteiger partial charge in [0.2, 0.25) is 5.91 Å². The van der Waals surface area contributed by atoms with Crippen LogP contribution in [0.5, 0.6) is 0 Å². The molecule has 1 atom stereocenters. The number of nitrogens with zero attached hydrogens (tertiary/aromatic N) is 3. The lowest BCUT2D eigenvalue weighted by molar-refractivity contribution is -0.130. The Hall–Kier alpha value is -1.01. The fraction of sp³-hybridized carbons (Fsp3) is 0.667. The fourth-order valence-corrected chi connectivity index (χ4v) is 2.88. The van der Waals surface area contributed by atoms with Crippen molar-refractivity contribution in [2.45, 2.75) is 19.0 Å². The average molecular weight is 268 g/mol. The first-order chi connectivity index (χ1) is 8.75. The van der Waals surface area contributed by atoms with Gasteiger partial charge in [0.15, 0.2) is 0 Å². The summed E-state index contributed by atoms with van der Waals surface area (Å²) in [5.74, 6) is 2.40. The highest BCUT2D eigenvalue weighted by Crippen LogP contribution is 2.11. The molecule has 2 heterocycles. The molecule has 0 radical (unpaired) electrons. The Kier molecular flexibility index (Phi) is 5.07. The van der Waals surface area contributed by atoms with Crippen LogP contribution in [-0.2, 0) is 11.3 Å². The van der Waals surface area contributed by atoms with Crippen molar-refractivity contribution in [1.82, 2.24) is 20.0 Å². The fourth-order valence-electron chi connectivity index (χ4n) is 1.93. The first-order valence-corrected chi connectivity index (χ1v) is 7.43. The van der Waals surface area contributed by atoms with Crippen LogP contribution in [0.1, 0.15) is 6.42 Å². The Morgan fingerprint density at radius 2 is 2.56 bits per heavy atom. The number of carbonyl (C=O) groups is 1. The molecular formula is C12H20N4OS. The van der Waals surface area contributed by atoms with Crippen LogP contribution < -0.4 is 5.32 Å². The maximum atomic E-state index is 12.0. The van der Waals surface area contributed by atoms with Crippen molar-refractivity contribution in [3.63, 3.8) is 0 Å². The first kappa shape index (κ1) is 13.4. The monoisotopic (exact) mass is 268 g/mol. The number of nitrogens with one attached hydrogen (secondary N) is 1. The zero-order valence-electron chi connectivity index (χ0n) is 10.7. The van der Waals surface area contributed by atoms with Crippen molar-refractivity contribution in [2.75, 3.05) is 31.6 Å². The molecule has 0 aromatic carbocycles. The predicted molar refractivity (Wildman–Crippen MR) is 73.6 cm³/mol. The maximum Gasteiger partial charge on any atom is 0.223 e. The van der Waals surface area contributed by atoms with Gasteiger partial charge in [-0.3, -0.25) is 9.48 Å². The molecule has 0 bridgehead atoms. The lowest BCUT2D eigenvalue weighted by Gasteiger charge is -2.25. The Morgan fingerprint density at radius 1 is 1.67 bits per heavy atom. The molecule has 0 saturated carbocycles. The third-order valence-electron chi connectivity index (χ3n) is 3.07. The molecule has 1 aromatic rings. The molecular weight excluding hydrogens is 248 g/mol. The normalized spacial score (nSPS) is 19.7. The molecule has 1 aliphatic heterocycles. The van der Waals surface area contributed by atoms with Crippen LogP contribution in [0.4, 0.5) is 0 Å². The molecule has 6 heteroatoms. The van der Waals surface area contributed by atoms with Crippen molar-refractivity contribution in [3.8, 4) is 0 Å². The predicted octanol–water partition coefficient (Wildman–Crippen LogP) is 0.437. The zero-order chi connectivity index (χ0) is 12.8. The van der Waals surface area contributed by atoms with Crippen LogP contribution in [0.25, 0.3) is 0 Å². The van der Waals surface area contributed by atoms with E-state index in [2.05, 4.69) is 10.4 Å². The Morgan fingerprint density at radius 3 is 3.22 bits per heavy atom. The van der Waals surface area contributed by atoms with Crippen LogP contribution in [0.2, 0.25) is 0 Å². The number of aromatic nitrogens is 2. The number of hydrogen-bond acceptors (Lipinski definition) is 4. The summed E-state index contributed by atoms with van der Waals surface area (Å²) in [6, 6.07) is 2.23. The number of carbonyl (C=O) groups excluding carboxylic acids is 1. The minimum absolute atomic E-state index is 0.210. The van der Waals surface area contributed by atoms with Crippen LogP contribution in [0.3, 0.4) is 0 Å². The van der Waals surface area contributed by atoms with E-state index in [1.807, 2.05) is 35.8 Å². The second-order valence-corrected chi connectivity index (χ2v) is 5.66. The van der Waals surface area contributed by atoms with Gasteiger partial charge in [-0.2, -0.15) is 16.9 Å². The minimum atomic E-state index is 0.210. The van der Waals surface area contributed by atoms with Gasteiger partial charge in [0.1, 0.15) is 0 Å². The largest absolute Gasteiger partial charge is 0.344 e. The van der Waals surface area contributed by atoms with Gasteiger partial charge >= 0.3 is 0 Å². The molecule has 0 aliphatic carbocycles. The highest BCUT2D eigenvalue weighted by atomic mass is 32.2. The molecule has 1 aliphatic rings. The van der Waals surface area contributed by atoms with Gasteiger partial charge in [-0.1, -0.05) is 0 Å². The highest BCUT2D eigenvalue weighted by molar-refractivity contribution is 7.99. The van der Waals surface area contributed by atoms with E-state index in [1.54, 1.807) is 11.1 Å². The summed E-state index contributed by atoms with van der Waals surface area (Å²) in [4.78, 5) is 13.8. The molecule has 2 rings (SSSR count). The van der Waals surface area contributed by atoms with E-state index < -0.39 is 0 Å². The molecule has 1 saturated heterocycles. The lowest BCUT2D eigenvalue weighted by atomic mass is 10.2. The van der Waals surface area contributed by atoms with Gasteiger partial charge in [0.05, 0.1) is 6.54 Å². The summed E-state index contributed by atoms with van der Waals surface area (Å²) in [7, 11) is 1.86. The van der Waals surface area contributed by atoms with Crippen molar-refractivity contribution in [2.24, 2.45) is 0 Å². The quantitative estimate of drug-likeness (QED) is 0.842. The molecule has 1 fully saturated rings. The summed E-state index contributed by atoms with van der Waals surface area (Å²) in [5, 5.41) is 7.51. The van der Waals surface area contributed by atoms with Crippen molar-refractivity contribution < 1.29 is 4.79 Å². The number of likely N-dealkylation sites (N-methyl/N-ethyl adjacent to an activating group) is 1. The molecule has 1 N–H and O–H groups in total. The Bertz CT molecular complexity index is 362. The molecule has 100 valence electrons. The molecule has 1 amide bonds. The molecule has 18 heavy (non-hydrogen) atoms. The number of hydrogen-bond donors (Lipinski definition) is 1. The summed E-state index contributed by atoms with van der Waals surface area (Å²) in [6.07, 6.45) is 4.27. The van der Waals surface area contributed by atoms with Gasteiger partial charge in [-0.15, -0.1) is 0 Å². The Labute approximate surface area is 112 Å². The summed E-state index contributed by atoms with van der Waals surface area (Å²) in [5.41, 5.74) is 0. The van der Waals surface area contributed by atoms with Crippen molar-refractivity contribution in [1.29, 1.82) is 0 Å². The summed E-state index contributed by atoms with van der Waals surface area (Å²) >= 11 is 1.92. The first-order valence-electron chi connectivity index (χ1n) is 6.28. The third-order valence-corrected chi connectivity index (χ3v) is 4.20. The SMILES string of the molecule is CN(CCn1cccn1)C(=O)CC1CSCCN1. The van der Waals surface area contributed by atoms with E-state index in [9.17, 15) is 4.79 Å². The standard InChI is InChI=1S/C12H20N4OS/c1-15(6-7-16-5-2-3-14-16)12(17)9-11-10-18-8-4-13-11/h2-3,5,11,13H,4,6-10H2,1H3. The molecule has 1 aromatic heterocycles. The smallest absolute Gasteiger partial charge is 0.223 e. The van der Waals surface area contributed by atoms with E-state index in [4.69, 9.17) is 0 Å². The second-order valence-electron chi connectivity index (χ2n) is 4.51. The Balaban J connectivity index is 1.70. The van der Waals surface area contributed by atoms with E-state index in [-0.39, 0.29) is 5.91 Å². The van der Waals surface area contributed by atoms with Gasteiger partial charge in [-0.05, 0) is 6.07 Å². The second kappa shape index (κ2) is 6.80. The van der Waals surface area contributed by atoms with E-state index >= 15 is 0 Å². The van der Waals surface area contributed by atoms with Gasteiger partial charge in [-0.25, -0.2) is 0 Å². The molecule has 1 unspecified atom stereocenters. The number of thioether (sulfide) groups is 1. The molecule has 0 spiro atoms. The highest BCUT2D eigenvalue weighted by Gasteiger charge is 2.18. The van der Waals surface area contributed by atoms with Crippen LogP contribution >= 0.6 is 11.8 Å². The maximum absolute atomic E-state index is 12.0. The number of rotatable bonds is 5. The topological polar surface area (TPSA) is 50.2 Å². The van der Waals surface area contributed by atoms with E-state index in [0.717, 1.165) is 24.6 Å². The van der Waals surface area contributed by atoms with Crippen molar-refractivity contribution >= 4 is 17.7 Å². The van der Waals surface area contributed by atoms with Gasteiger partial charge in [0.25, 0.3) is 0 Å². The van der Waals surface area contributed by atoms with Crippen molar-refractivity contribution in [3.05, 3.63) is 18.5 Å². The van der Waals surface area contributed by atoms with E-state index in [0.29, 0.717) is 19.0 Å². The number of amides is 1. The van der Waals surface area contributed by atoms with Crippen LogP contribution in [0, 0.1) is 0 Å². The zero-order valence-corrected chi connectivity index (χ0v) is 11.5. The van der Waals surface area contributed by atoms with Crippen LogP contribution in [0.15, 0.2) is 18.5 Å². The third kappa shape index (κ3) is 4.03. The summed E-state index contributed by atoms with van der Waals surface area (Å²) < 4.78 is 1.85. The van der Waals surface area contributed by atoms with E-state index in [1.165, 1.54) is 0 Å². The molecule has 5 nitrogen and oxygen atoms in total. The lowest BCUT2D eigenvalue weighted by Crippen LogP contribution is -2.42.